The molecule has 0 aromatic rings. The SMILES string of the molecule is CCCCOC(=O)NCCCCCCCCCCC[C]=O. The number of ether oxygens (including phenoxy) is 1. The van der Waals surface area contributed by atoms with Crippen molar-refractivity contribution in [1.29, 1.82) is 0 Å². The first-order valence-corrected chi connectivity index (χ1v) is 8.57. The fourth-order valence-corrected chi connectivity index (χ4v) is 2.11. The first-order chi connectivity index (χ1) is 10.3. The number of rotatable bonds is 15. The molecule has 1 N–H and O–H groups in total. The van der Waals surface area contributed by atoms with Crippen LogP contribution in [0.1, 0.15) is 84.0 Å². The molecule has 0 rings (SSSR count). The Morgan fingerprint density at radius 2 is 1.48 bits per heavy atom. The van der Waals surface area contributed by atoms with Gasteiger partial charge >= 0.3 is 6.09 Å². The third-order valence-corrected chi connectivity index (χ3v) is 3.46. The average Bonchev–Trinajstić information content (AvgIpc) is 2.48. The maximum Gasteiger partial charge on any atom is 0.407 e. The average molecular weight is 298 g/mol. The molecule has 0 unspecified atom stereocenters. The lowest BCUT2D eigenvalue weighted by Gasteiger charge is -2.06. The minimum Gasteiger partial charge on any atom is -0.450 e. The second kappa shape index (κ2) is 17.0. The van der Waals surface area contributed by atoms with Crippen LogP contribution >= 0.6 is 0 Å². The van der Waals surface area contributed by atoms with Crippen LogP contribution in [-0.4, -0.2) is 25.5 Å². The molecule has 0 atom stereocenters. The predicted molar refractivity (Wildman–Crippen MR) is 86.1 cm³/mol. The summed E-state index contributed by atoms with van der Waals surface area (Å²) in [5.41, 5.74) is 0. The van der Waals surface area contributed by atoms with Crippen molar-refractivity contribution in [1.82, 2.24) is 5.32 Å². The summed E-state index contributed by atoms with van der Waals surface area (Å²) in [6, 6.07) is 0. The van der Waals surface area contributed by atoms with E-state index in [1.165, 1.54) is 32.1 Å². The highest BCUT2D eigenvalue weighted by atomic mass is 16.5. The molecule has 0 saturated carbocycles. The van der Waals surface area contributed by atoms with Crippen LogP contribution in [0.3, 0.4) is 0 Å². The number of hydrogen-bond donors (Lipinski definition) is 1. The summed E-state index contributed by atoms with van der Waals surface area (Å²) >= 11 is 0. The van der Waals surface area contributed by atoms with Gasteiger partial charge < -0.3 is 10.1 Å². The smallest absolute Gasteiger partial charge is 0.407 e. The summed E-state index contributed by atoms with van der Waals surface area (Å²) in [7, 11) is 0. The quantitative estimate of drug-likeness (QED) is 0.452. The van der Waals surface area contributed by atoms with E-state index in [2.05, 4.69) is 12.2 Å². The summed E-state index contributed by atoms with van der Waals surface area (Å²) in [5, 5.41) is 2.78. The standard InChI is InChI=1S/C17H32NO3/c1-2-3-16-21-17(20)18-14-12-10-8-6-4-5-7-9-11-13-15-19/h2-14,16H2,1H3,(H,18,20). The maximum atomic E-state index is 11.2. The van der Waals surface area contributed by atoms with Crippen molar-refractivity contribution in [2.45, 2.75) is 84.0 Å². The molecule has 1 amide bonds. The van der Waals surface area contributed by atoms with Crippen molar-refractivity contribution in [3.8, 4) is 0 Å². The molecule has 0 aliphatic heterocycles. The minimum atomic E-state index is -0.281. The highest BCUT2D eigenvalue weighted by Gasteiger charge is 1.99. The summed E-state index contributed by atoms with van der Waals surface area (Å²) in [6.07, 6.45) is 14.8. The van der Waals surface area contributed by atoms with Crippen LogP contribution in [0, 0.1) is 0 Å². The van der Waals surface area contributed by atoms with Gasteiger partial charge in [-0.25, -0.2) is 4.79 Å². The van der Waals surface area contributed by atoms with E-state index in [4.69, 9.17) is 4.74 Å². The molecule has 0 heterocycles. The molecule has 123 valence electrons. The Morgan fingerprint density at radius 1 is 0.905 bits per heavy atom. The Labute approximate surface area is 130 Å². The monoisotopic (exact) mass is 298 g/mol. The van der Waals surface area contributed by atoms with Crippen LogP contribution in [0.5, 0.6) is 0 Å². The summed E-state index contributed by atoms with van der Waals surface area (Å²) in [5.74, 6) is 0. The fourth-order valence-electron chi connectivity index (χ4n) is 2.11. The first-order valence-electron chi connectivity index (χ1n) is 8.57. The van der Waals surface area contributed by atoms with Crippen molar-refractivity contribution in [2.75, 3.05) is 13.2 Å². The van der Waals surface area contributed by atoms with Gasteiger partial charge in [0.15, 0.2) is 6.29 Å². The van der Waals surface area contributed by atoms with Crippen LogP contribution in [0.15, 0.2) is 0 Å². The number of unbranched alkanes of at least 4 members (excludes halogenated alkanes) is 10. The van der Waals surface area contributed by atoms with Crippen LogP contribution < -0.4 is 5.32 Å². The van der Waals surface area contributed by atoms with Crippen LogP contribution in [-0.2, 0) is 9.53 Å². The van der Waals surface area contributed by atoms with E-state index < -0.39 is 0 Å². The summed E-state index contributed by atoms with van der Waals surface area (Å²) in [4.78, 5) is 21.3. The van der Waals surface area contributed by atoms with E-state index in [9.17, 15) is 9.59 Å². The number of alkyl carbamates (subject to hydrolysis) is 1. The van der Waals surface area contributed by atoms with Gasteiger partial charge in [0.25, 0.3) is 0 Å². The largest absolute Gasteiger partial charge is 0.450 e. The van der Waals surface area contributed by atoms with Crippen LogP contribution in [0.25, 0.3) is 0 Å². The van der Waals surface area contributed by atoms with Gasteiger partial charge in [-0.3, -0.25) is 4.79 Å². The van der Waals surface area contributed by atoms with E-state index in [0.29, 0.717) is 19.6 Å². The normalized spacial score (nSPS) is 10.3. The molecular weight excluding hydrogens is 266 g/mol. The Bertz CT molecular complexity index is 244. The van der Waals surface area contributed by atoms with Gasteiger partial charge in [0.2, 0.25) is 0 Å². The Morgan fingerprint density at radius 3 is 2.05 bits per heavy atom. The van der Waals surface area contributed by atoms with Crippen molar-refractivity contribution < 1.29 is 14.3 Å². The molecule has 0 aliphatic rings. The topological polar surface area (TPSA) is 55.4 Å². The van der Waals surface area contributed by atoms with Crippen molar-refractivity contribution >= 4 is 12.4 Å². The summed E-state index contributed by atoms with van der Waals surface area (Å²) < 4.78 is 5.01. The van der Waals surface area contributed by atoms with Gasteiger partial charge in [-0.1, -0.05) is 58.3 Å². The molecule has 0 bridgehead atoms. The van der Waals surface area contributed by atoms with E-state index in [0.717, 1.165) is 38.5 Å². The molecule has 0 fully saturated rings. The van der Waals surface area contributed by atoms with Crippen LogP contribution in [0.4, 0.5) is 4.79 Å². The Balaban J connectivity index is 3.08. The van der Waals surface area contributed by atoms with Crippen molar-refractivity contribution in [2.24, 2.45) is 0 Å². The Hall–Kier alpha value is -1.06. The molecule has 0 aromatic heterocycles. The molecule has 0 aromatic carbocycles. The first kappa shape index (κ1) is 19.9. The predicted octanol–water partition coefficient (Wildman–Crippen LogP) is 4.52. The Kier molecular flexibility index (Phi) is 16.1. The third-order valence-electron chi connectivity index (χ3n) is 3.46. The van der Waals surface area contributed by atoms with Crippen LogP contribution in [0.2, 0.25) is 0 Å². The van der Waals surface area contributed by atoms with Gasteiger partial charge in [-0.05, 0) is 19.3 Å². The van der Waals surface area contributed by atoms with E-state index >= 15 is 0 Å². The number of nitrogens with one attached hydrogen (secondary N) is 1. The zero-order valence-electron chi connectivity index (χ0n) is 13.6. The second-order valence-electron chi connectivity index (χ2n) is 5.49. The number of amides is 1. The molecule has 4 heteroatoms. The highest BCUT2D eigenvalue weighted by molar-refractivity contribution is 5.66. The van der Waals surface area contributed by atoms with Gasteiger partial charge in [0.1, 0.15) is 0 Å². The lowest BCUT2D eigenvalue weighted by molar-refractivity contribution is 0.144. The van der Waals surface area contributed by atoms with E-state index in [-0.39, 0.29) is 6.09 Å². The number of carbonyl (C=O) groups excluding carboxylic acids is 2. The maximum absolute atomic E-state index is 11.2. The van der Waals surface area contributed by atoms with E-state index in [1.54, 1.807) is 0 Å². The molecule has 4 nitrogen and oxygen atoms in total. The van der Waals surface area contributed by atoms with E-state index in [1.807, 2.05) is 6.29 Å². The van der Waals surface area contributed by atoms with Gasteiger partial charge in [0, 0.05) is 13.0 Å². The third kappa shape index (κ3) is 16.9. The zero-order valence-corrected chi connectivity index (χ0v) is 13.6. The summed E-state index contributed by atoms with van der Waals surface area (Å²) in [6.45, 7) is 3.31. The molecule has 21 heavy (non-hydrogen) atoms. The van der Waals surface area contributed by atoms with Gasteiger partial charge in [0.05, 0.1) is 6.61 Å². The van der Waals surface area contributed by atoms with Crippen molar-refractivity contribution in [3.63, 3.8) is 0 Å². The molecule has 0 aliphatic carbocycles. The fraction of sp³-hybridized carbons (Fsp3) is 0.882. The highest BCUT2D eigenvalue weighted by Crippen LogP contribution is 2.10. The number of hydrogen-bond acceptors (Lipinski definition) is 3. The van der Waals surface area contributed by atoms with Gasteiger partial charge in [-0.2, -0.15) is 0 Å². The molecule has 1 radical (unpaired) electrons. The molecule has 0 spiro atoms. The minimum absolute atomic E-state index is 0.281. The number of carbonyl (C=O) groups is 1. The zero-order chi connectivity index (χ0) is 15.6. The second-order valence-corrected chi connectivity index (χ2v) is 5.49. The van der Waals surface area contributed by atoms with Crippen molar-refractivity contribution in [3.05, 3.63) is 0 Å². The lowest BCUT2D eigenvalue weighted by Crippen LogP contribution is -2.25. The molecular formula is C17H32NO3. The lowest BCUT2D eigenvalue weighted by atomic mass is 10.1. The van der Waals surface area contributed by atoms with Gasteiger partial charge in [-0.15, -0.1) is 0 Å². The molecule has 0 saturated heterocycles.